The number of esters is 2. The molecule has 1 aromatic heterocycles. The summed E-state index contributed by atoms with van der Waals surface area (Å²) in [4.78, 5) is 21.2. The fourth-order valence-corrected chi connectivity index (χ4v) is 1.03. The van der Waals surface area contributed by atoms with Crippen LogP contribution in [0.2, 0.25) is 0 Å². The molecule has 0 atom stereocenters. The van der Waals surface area contributed by atoms with Gasteiger partial charge in [0.1, 0.15) is 12.4 Å². The van der Waals surface area contributed by atoms with Gasteiger partial charge >= 0.3 is 11.9 Å². The van der Waals surface area contributed by atoms with Crippen molar-refractivity contribution < 1.29 is 23.5 Å². The maximum Gasteiger partial charge on any atom is 0.333 e. The fraction of sp³-hybridized carbons (Fsp3) is 0.375. The second kappa shape index (κ2) is 11.5. The molecule has 21 heavy (non-hydrogen) atoms. The zero-order chi connectivity index (χ0) is 16.1. The Bertz CT molecular complexity index is 445. The SMILES string of the molecule is C=C(C)C(=O)OCc1ccco1.C=CC(=O)OCCCC. The Kier molecular flexibility index (Phi) is 10.3. The Morgan fingerprint density at radius 3 is 2.57 bits per heavy atom. The van der Waals surface area contributed by atoms with Crippen molar-refractivity contribution in [2.24, 2.45) is 0 Å². The van der Waals surface area contributed by atoms with Crippen molar-refractivity contribution >= 4 is 11.9 Å². The van der Waals surface area contributed by atoms with Crippen molar-refractivity contribution in [1.82, 2.24) is 0 Å². The minimum atomic E-state index is -0.397. The van der Waals surface area contributed by atoms with Crippen LogP contribution in [0.1, 0.15) is 32.4 Å². The first-order valence-corrected chi connectivity index (χ1v) is 6.65. The Labute approximate surface area is 125 Å². The normalized spacial score (nSPS) is 9.05. The van der Waals surface area contributed by atoms with E-state index >= 15 is 0 Å². The van der Waals surface area contributed by atoms with Crippen LogP contribution < -0.4 is 0 Å². The molecule has 0 aromatic carbocycles. The molecule has 1 aromatic rings. The average Bonchev–Trinajstić information content (AvgIpc) is 2.98. The van der Waals surface area contributed by atoms with Gasteiger partial charge < -0.3 is 13.9 Å². The zero-order valence-corrected chi connectivity index (χ0v) is 12.6. The summed E-state index contributed by atoms with van der Waals surface area (Å²) in [5.74, 6) is -0.0977. The molecular weight excluding hydrogens is 272 g/mol. The van der Waals surface area contributed by atoms with Gasteiger partial charge in [0.05, 0.1) is 12.9 Å². The van der Waals surface area contributed by atoms with Gasteiger partial charge in [-0.1, -0.05) is 26.5 Å². The Morgan fingerprint density at radius 2 is 2.10 bits per heavy atom. The van der Waals surface area contributed by atoms with Gasteiger partial charge in [-0.3, -0.25) is 0 Å². The lowest BCUT2D eigenvalue weighted by atomic mass is 10.4. The van der Waals surface area contributed by atoms with E-state index in [4.69, 9.17) is 9.15 Å². The van der Waals surface area contributed by atoms with Gasteiger partial charge in [0.2, 0.25) is 0 Å². The molecule has 0 saturated heterocycles. The standard InChI is InChI=1S/C9H10O3.C7H12O2/c1-7(2)9(10)12-6-8-4-3-5-11-8;1-3-5-6-9-7(8)4-2/h3-5H,1,6H2,2H3;4H,2-3,5-6H2,1H3. The Hall–Kier alpha value is -2.30. The maximum absolute atomic E-state index is 10.9. The molecule has 5 nitrogen and oxygen atoms in total. The number of hydrogen-bond donors (Lipinski definition) is 0. The molecule has 0 aliphatic carbocycles. The summed E-state index contributed by atoms with van der Waals surface area (Å²) in [7, 11) is 0. The Balaban J connectivity index is 0.000000400. The molecule has 0 N–H and O–H groups in total. The lowest BCUT2D eigenvalue weighted by Crippen LogP contribution is -2.04. The molecule has 0 saturated carbocycles. The van der Waals surface area contributed by atoms with Gasteiger partial charge in [-0.2, -0.15) is 0 Å². The highest BCUT2D eigenvalue weighted by atomic mass is 16.5. The van der Waals surface area contributed by atoms with E-state index in [0.717, 1.165) is 12.8 Å². The maximum atomic E-state index is 10.9. The largest absolute Gasteiger partial charge is 0.466 e. The molecule has 116 valence electrons. The minimum absolute atomic E-state index is 0.165. The van der Waals surface area contributed by atoms with Crippen molar-refractivity contribution in [2.45, 2.75) is 33.3 Å². The minimum Gasteiger partial charge on any atom is -0.466 e. The van der Waals surface area contributed by atoms with E-state index in [1.807, 2.05) is 6.92 Å². The number of hydrogen-bond acceptors (Lipinski definition) is 5. The van der Waals surface area contributed by atoms with Crippen LogP contribution in [-0.4, -0.2) is 18.5 Å². The summed E-state index contributed by atoms with van der Waals surface area (Å²) < 4.78 is 14.4. The van der Waals surface area contributed by atoms with Gasteiger partial charge in [0, 0.05) is 11.6 Å². The van der Waals surface area contributed by atoms with E-state index < -0.39 is 5.97 Å². The van der Waals surface area contributed by atoms with Crippen LogP contribution in [0.15, 0.2) is 47.6 Å². The van der Waals surface area contributed by atoms with Crippen molar-refractivity contribution in [3.05, 3.63) is 49.0 Å². The topological polar surface area (TPSA) is 65.7 Å². The third kappa shape index (κ3) is 10.2. The van der Waals surface area contributed by atoms with Crippen LogP contribution in [-0.2, 0) is 25.7 Å². The van der Waals surface area contributed by atoms with E-state index in [9.17, 15) is 9.59 Å². The smallest absolute Gasteiger partial charge is 0.333 e. The number of carbonyl (C=O) groups excluding carboxylic acids is 2. The second-order valence-electron chi connectivity index (χ2n) is 4.16. The van der Waals surface area contributed by atoms with E-state index in [-0.39, 0.29) is 12.6 Å². The molecule has 0 bridgehead atoms. The van der Waals surface area contributed by atoms with Crippen LogP contribution in [0, 0.1) is 0 Å². The van der Waals surface area contributed by atoms with Gasteiger partial charge in [0.15, 0.2) is 0 Å². The molecule has 0 amide bonds. The molecule has 0 spiro atoms. The van der Waals surface area contributed by atoms with Crippen molar-refractivity contribution in [2.75, 3.05) is 6.61 Å². The van der Waals surface area contributed by atoms with Gasteiger partial charge in [-0.25, -0.2) is 9.59 Å². The zero-order valence-electron chi connectivity index (χ0n) is 12.6. The summed E-state index contributed by atoms with van der Waals surface area (Å²) in [6, 6.07) is 3.48. The molecule has 0 aliphatic heterocycles. The molecule has 1 heterocycles. The fourth-order valence-electron chi connectivity index (χ4n) is 1.03. The molecular formula is C16H22O5. The van der Waals surface area contributed by atoms with Gasteiger partial charge in [-0.05, 0) is 25.5 Å². The highest BCUT2D eigenvalue weighted by Gasteiger charge is 2.03. The number of ether oxygens (including phenoxy) is 2. The predicted octanol–water partition coefficient (Wildman–Crippen LogP) is 3.41. The van der Waals surface area contributed by atoms with Gasteiger partial charge in [0.25, 0.3) is 0 Å². The summed E-state index contributed by atoms with van der Waals surface area (Å²) >= 11 is 0. The number of carbonyl (C=O) groups is 2. The molecule has 0 radical (unpaired) electrons. The summed E-state index contributed by atoms with van der Waals surface area (Å²) in [6.45, 7) is 11.0. The van der Waals surface area contributed by atoms with Crippen molar-refractivity contribution in [3.63, 3.8) is 0 Å². The van der Waals surface area contributed by atoms with Crippen LogP contribution in [0.25, 0.3) is 0 Å². The monoisotopic (exact) mass is 294 g/mol. The van der Waals surface area contributed by atoms with E-state index in [1.54, 1.807) is 19.1 Å². The predicted molar refractivity (Wildman–Crippen MR) is 79.4 cm³/mol. The van der Waals surface area contributed by atoms with Crippen molar-refractivity contribution in [1.29, 1.82) is 0 Å². The first-order valence-electron chi connectivity index (χ1n) is 6.65. The first kappa shape index (κ1) is 18.7. The second-order valence-corrected chi connectivity index (χ2v) is 4.16. The van der Waals surface area contributed by atoms with Crippen LogP contribution in [0.3, 0.4) is 0 Å². The highest BCUT2D eigenvalue weighted by Crippen LogP contribution is 2.03. The van der Waals surface area contributed by atoms with E-state index in [1.165, 1.54) is 12.3 Å². The quantitative estimate of drug-likeness (QED) is 0.438. The lowest BCUT2D eigenvalue weighted by molar-refractivity contribution is -0.140. The number of furan rings is 1. The summed E-state index contributed by atoms with van der Waals surface area (Å²) in [6.07, 6.45) is 4.68. The van der Waals surface area contributed by atoms with Crippen LogP contribution in [0.5, 0.6) is 0 Å². The molecule has 0 aliphatic rings. The lowest BCUT2D eigenvalue weighted by Gasteiger charge is -2.00. The number of unbranched alkanes of at least 4 members (excludes halogenated alkanes) is 1. The van der Waals surface area contributed by atoms with E-state index in [0.29, 0.717) is 17.9 Å². The Morgan fingerprint density at radius 1 is 1.38 bits per heavy atom. The van der Waals surface area contributed by atoms with Crippen LogP contribution in [0.4, 0.5) is 0 Å². The highest BCUT2D eigenvalue weighted by molar-refractivity contribution is 5.86. The molecule has 5 heteroatoms. The third-order valence-electron chi connectivity index (χ3n) is 2.18. The number of rotatable bonds is 7. The average molecular weight is 294 g/mol. The first-order chi connectivity index (χ1) is 10.0. The molecule has 0 fully saturated rings. The van der Waals surface area contributed by atoms with Crippen molar-refractivity contribution in [3.8, 4) is 0 Å². The third-order valence-corrected chi connectivity index (χ3v) is 2.18. The van der Waals surface area contributed by atoms with Gasteiger partial charge in [-0.15, -0.1) is 0 Å². The van der Waals surface area contributed by atoms with E-state index in [2.05, 4.69) is 17.9 Å². The van der Waals surface area contributed by atoms with Crippen LogP contribution >= 0.6 is 0 Å². The molecule has 1 rings (SSSR count). The molecule has 0 unspecified atom stereocenters. The summed E-state index contributed by atoms with van der Waals surface area (Å²) in [5.41, 5.74) is 0.390. The summed E-state index contributed by atoms with van der Waals surface area (Å²) in [5, 5.41) is 0.